The van der Waals surface area contributed by atoms with Crippen LogP contribution in [-0.2, 0) is 23.4 Å². The van der Waals surface area contributed by atoms with Gasteiger partial charge in [0, 0.05) is 12.3 Å². The number of aliphatic hydroxyl groups is 2. The van der Waals surface area contributed by atoms with Gasteiger partial charge >= 0.3 is 19.4 Å². The maximum atomic E-state index is 16.0. The number of alkyl halides is 1. The van der Waals surface area contributed by atoms with Crippen molar-refractivity contribution in [3.63, 3.8) is 0 Å². The number of esters is 1. The fourth-order valence-corrected chi connectivity index (χ4v) is 5.26. The molecule has 38 heavy (non-hydrogen) atoms. The molecule has 2 aromatic rings. The summed E-state index contributed by atoms with van der Waals surface area (Å²) in [4.78, 5) is 38.0. The second-order valence-corrected chi connectivity index (χ2v) is 10.7. The average molecular weight is 559 g/mol. The van der Waals surface area contributed by atoms with Crippen molar-refractivity contribution in [2.75, 3.05) is 6.61 Å². The lowest BCUT2D eigenvalue weighted by Gasteiger charge is -2.31. The first kappa shape index (κ1) is 29.7. The van der Waals surface area contributed by atoms with Crippen molar-refractivity contribution in [1.82, 2.24) is 14.6 Å². The molecule has 15 heteroatoms. The molecule has 1 aliphatic heterocycles. The lowest BCUT2D eigenvalue weighted by Crippen LogP contribution is -2.51. The van der Waals surface area contributed by atoms with Crippen LogP contribution in [0.5, 0.6) is 5.75 Å². The zero-order valence-corrected chi connectivity index (χ0v) is 22.1. The molecule has 2 heterocycles. The Labute approximate surface area is 217 Å². The van der Waals surface area contributed by atoms with Crippen molar-refractivity contribution in [2.45, 2.75) is 70.0 Å². The van der Waals surface area contributed by atoms with Gasteiger partial charge < -0.3 is 24.2 Å². The van der Waals surface area contributed by atoms with Gasteiger partial charge in [-0.3, -0.25) is 23.7 Å². The van der Waals surface area contributed by atoms with E-state index in [2.05, 4.69) is 5.09 Å². The number of halogens is 1. The Morgan fingerprint density at radius 3 is 2.50 bits per heavy atom. The summed E-state index contributed by atoms with van der Waals surface area (Å²) in [7, 11) is -4.55. The molecule has 0 bridgehead atoms. The highest BCUT2D eigenvalue weighted by Gasteiger charge is 2.65. The molecule has 4 N–H and O–H groups in total. The first-order valence-electron chi connectivity index (χ1n) is 11.8. The smallest absolute Gasteiger partial charge is 0.459 e. The van der Waals surface area contributed by atoms with Crippen LogP contribution in [0.4, 0.5) is 4.39 Å². The molecule has 2 unspecified atom stereocenters. The largest absolute Gasteiger partial charge is 0.462 e. The van der Waals surface area contributed by atoms with Gasteiger partial charge in [0.15, 0.2) is 6.23 Å². The summed E-state index contributed by atoms with van der Waals surface area (Å²) in [6.07, 6.45) is -3.87. The number of nitrogens with zero attached hydrogens (tertiary/aromatic N) is 1. The first-order chi connectivity index (χ1) is 17.7. The number of rotatable bonds is 11. The van der Waals surface area contributed by atoms with Gasteiger partial charge in [-0.25, -0.2) is 13.8 Å². The van der Waals surface area contributed by atoms with Gasteiger partial charge in [0.1, 0.15) is 30.1 Å². The van der Waals surface area contributed by atoms with Gasteiger partial charge in [-0.05, 0) is 39.3 Å². The van der Waals surface area contributed by atoms with Crippen molar-refractivity contribution in [3.8, 4) is 5.75 Å². The van der Waals surface area contributed by atoms with Gasteiger partial charge in [0.2, 0.25) is 0 Å². The minimum absolute atomic E-state index is 0.0521. The van der Waals surface area contributed by atoms with E-state index in [0.29, 0.717) is 4.57 Å². The Morgan fingerprint density at radius 2 is 1.92 bits per heavy atom. The Bertz CT molecular complexity index is 1290. The van der Waals surface area contributed by atoms with E-state index < -0.39 is 67.5 Å². The van der Waals surface area contributed by atoms with Crippen molar-refractivity contribution in [3.05, 3.63) is 63.4 Å². The lowest BCUT2D eigenvalue weighted by molar-refractivity contribution is -0.204. The van der Waals surface area contributed by atoms with Gasteiger partial charge in [-0.15, -0.1) is 0 Å². The molecular formula is C23H31FN3O10P. The second-order valence-electron chi connectivity index (χ2n) is 9.03. The number of aromatic amines is 1. The van der Waals surface area contributed by atoms with E-state index in [4.69, 9.17) is 18.5 Å². The zero-order valence-electron chi connectivity index (χ0n) is 21.2. The maximum absolute atomic E-state index is 16.0. The molecule has 1 aromatic carbocycles. The van der Waals surface area contributed by atoms with Crippen LogP contribution in [0.1, 0.15) is 40.3 Å². The highest BCUT2D eigenvalue weighted by Crippen LogP contribution is 2.51. The maximum Gasteiger partial charge on any atom is 0.459 e. The van der Waals surface area contributed by atoms with Crippen LogP contribution in [-0.4, -0.2) is 62.0 Å². The van der Waals surface area contributed by atoms with Crippen molar-refractivity contribution in [1.29, 1.82) is 0 Å². The van der Waals surface area contributed by atoms with E-state index in [1.54, 1.807) is 32.0 Å². The molecule has 1 saturated heterocycles. The average Bonchev–Trinajstić information content (AvgIpc) is 3.05. The molecule has 13 nitrogen and oxygen atoms in total. The van der Waals surface area contributed by atoms with Gasteiger partial charge in [0.25, 0.3) is 11.4 Å². The van der Waals surface area contributed by atoms with Gasteiger partial charge in [-0.1, -0.05) is 25.1 Å². The highest BCUT2D eigenvalue weighted by molar-refractivity contribution is 7.52. The first-order valence-corrected chi connectivity index (χ1v) is 13.3. The highest BCUT2D eigenvalue weighted by atomic mass is 31.2. The predicted molar refractivity (Wildman–Crippen MR) is 131 cm³/mol. The fraction of sp³-hybridized carbons (Fsp3) is 0.522. The van der Waals surface area contributed by atoms with Crippen LogP contribution >= 0.6 is 7.75 Å². The van der Waals surface area contributed by atoms with Gasteiger partial charge in [-0.2, -0.15) is 5.09 Å². The second kappa shape index (κ2) is 11.5. The van der Waals surface area contributed by atoms with E-state index >= 15 is 4.39 Å². The summed E-state index contributed by atoms with van der Waals surface area (Å²) in [5, 5.41) is 24.2. The summed E-state index contributed by atoms with van der Waals surface area (Å²) >= 11 is 0. The lowest BCUT2D eigenvalue weighted by atomic mass is 9.90. The number of hydrogen-bond donors (Lipinski definition) is 4. The SMILES string of the molecule is CC[C@]1(O)[C@H](n2ccc(=O)[nH]c2=O)O[C@](F)(COP(=O)(NC(C)C(=O)OC(C)C)Oc2ccccc2)[C@H]1O. The minimum Gasteiger partial charge on any atom is -0.462 e. The number of aliphatic hydroxyl groups excluding tert-OH is 1. The number of hydrogen-bond acceptors (Lipinski definition) is 10. The van der Waals surface area contributed by atoms with E-state index in [0.717, 1.165) is 12.3 Å². The Hall–Kier alpha value is -2.87. The van der Waals surface area contributed by atoms with E-state index in [1.165, 1.54) is 26.0 Å². The third-order valence-electron chi connectivity index (χ3n) is 5.74. The summed E-state index contributed by atoms with van der Waals surface area (Å²) in [5.41, 5.74) is -4.12. The zero-order chi connectivity index (χ0) is 28.3. The predicted octanol–water partition coefficient (Wildman–Crippen LogP) is 1.37. The molecule has 1 fully saturated rings. The minimum atomic E-state index is -4.55. The molecule has 6 atom stereocenters. The number of carbonyl (C=O) groups is 1. The van der Waals surface area contributed by atoms with Crippen LogP contribution in [0, 0.1) is 0 Å². The Kier molecular flexibility index (Phi) is 8.97. The summed E-state index contributed by atoms with van der Waals surface area (Å²) in [5.74, 6) is -3.94. The van der Waals surface area contributed by atoms with Crippen molar-refractivity contribution in [2.24, 2.45) is 0 Å². The van der Waals surface area contributed by atoms with Crippen LogP contribution in [0.15, 0.2) is 52.2 Å². The number of H-pyrrole nitrogens is 1. The summed E-state index contributed by atoms with van der Waals surface area (Å²) in [6.45, 7) is 4.72. The molecule has 3 rings (SSSR count). The molecule has 210 valence electrons. The molecule has 0 radical (unpaired) electrons. The molecular weight excluding hydrogens is 528 g/mol. The summed E-state index contributed by atoms with van der Waals surface area (Å²) < 4.78 is 51.5. The molecule has 0 spiro atoms. The standard InChI is InChI=1S/C23H31FN3O10P/c1-5-22(32)19(30)23(24,36-20(22)27-12-11-17(28)25-21(27)31)13-34-38(33,37-16-9-7-6-8-10-16)26-15(4)18(29)35-14(2)3/h6-12,14-15,19-20,30,32H,5,13H2,1-4H3,(H,26,33)(H,25,28,31)/t15?,19-,20+,22+,23+,38?/m0/s1. The molecule has 1 aliphatic rings. The van der Waals surface area contributed by atoms with Gasteiger partial charge in [0.05, 0.1) is 6.10 Å². The number of benzene rings is 1. The fourth-order valence-electron chi connectivity index (χ4n) is 3.76. The Morgan fingerprint density at radius 1 is 1.26 bits per heavy atom. The van der Waals surface area contributed by atoms with Crippen LogP contribution in [0.25, 0.3) is 0 Å². The number of ether oxygens (including phenoxy) is 2. The van der Waals surface area contributed by atoms with E-state index in [1.807, 2.05) is 4.98 Å². The van der Waals surface area contributed by atoms with Crippen molar-refractivity contribution < 1.29 is 42.5 Å². The number of nitrogens with one attached hydrogen (secondary N) is 2. The van der Waals surface area contributed by atoms with Crippen LogP contribution < -0.4 is 20.9 Å². The molecule has 0 saturated carbocycles. The quantitative estimate of drug-likeness (QED) is 0.231. The molecule has 1 aromatic heterocycles. The van der Waals surface area contributed by atoms with Crippen molar-refractivity contribution >= 4 is 13.7 Å². The monoisotopic (exact) mass is 559 g/mol. The molecule has 0 amide bonds. The van der Waals surface area contributed by atoms with Crippen LogP contribution in [0.3, 0.4) is 0 Å². The van der Waals surface area contributed by atoms with Crippen LogP contribution in [0.2, 0.25) is 0 Å². The summed E-state index contributed by atoms with van der Waals surface area (Å²) in [6, 6.07) is 7.42. The topological polar surface area (TPSA) is 178 Å². The number of para-hydroxylation sites is 1. The Balaban J connectivity index is 1.89. The van der Waals surface area contributed by atoms with E-state index in [9.17, 15) is 29.2 Å². The third kappa shape index (κ3) is 6.40. The number of carbonyl (C=O) groups excluding carboxylic acids is 1. The third-order valence-corrected chi connectivity index (χ3v) is 7.37. The normalized spacial score (nSPS) is 27.6. The molecule has 0 aliphatic carbocycles. The van der Waals surface area contributed by atoms with E-state index in [-0.39, 0.29) is 12.2 Å². The number of aromatic nitrogens is 2.